The number of likely N-dealkylation sites (N-methyl/N-ethyl adjacent to an activating group) is 1. The smallest absolute Gasteiger partial charge is 0.119 e. The number of hydrogen-bond donors (Lipinski definition) is 1. The SMILES string of the molecule is CCNC1CC(C)CC(C)C1Oc1ccc(C(C)C)cc1. The summed E-state index contributed by atoms with van der Waals surface area (Å²) in [7, 11) is 0. The van der Waals surface area contributed by atoms with E-state index in [9.17, 15) is 0 Å². The number of ether oxygens (including phenoxy) is 1. The number of benzene rings is 1. The molecule has 0 saturated heterocycles. The van der Waals surface area contributed by atoms with E-state index < -0.39 is 0 Å². The Morgan fingerprint density at radius 2 is 1.81 bits per heavy atom. The fraction of sp³-hybridized carbons (Fsp3) is 0.684. The molecule has 21 heavy (non-hydrogen) atoms. The zero-order valence-electron chi connectivity index (χ0n) is 14.2. The molecule has 1 N–H and O–H groups in total. The molecule has 0 amide bonds. The number of nitrogens with one attached hydrogen (secondary N) is 1. The van der Waals surface area contributed by atoms with Crippen LogP contribution < -0.4 is 10.1 Å². The van der Waals surface area contributed by atoms with Crippen LogP contribution in [0.2, 0.25) is 0 Å². The summed E-state index contributed by atoms with van der Waals surface area (Å²) in [6.07, 6.45) is 2.76. The zero-order chi connectivity index (χ0) is 15.4. The molecule has 1 aromatic rings. The predicted octanol–water partition coefficient (Wildman–Crippen LogP) is 4.60. The summed E-state index contributed by atoms with van der Waals surface area (Å²) in [5.74, 6) is 2.96. The second-order valence-electron chi connectivity index (χ2n) is 7.02. The molecular formula is C19H31NO. The highest BCUT2D eigenvalue weighted by molar-refractivity contribution is 5.29. The molecule has 4 atom stereocenters. The minimum Gasteiger partial charge on any atom is -0.489 e. The van der Waals surface area contributed by atoms with Crippen molar-refractivity contribution in [3.05, 3.63) is 29.8 Å². The maximum Gasteiger partial charge on any atom is 0.119 e. The van der Waals surface area contributed by atoms with Crippen molar-refractivity contribution in [1.82, 2.24) is 5.32 Å². The van der Waals surface area contributed by atoms with Crippen LogP contribution in [0.1, 0.15) is 58.9 Å². The summed E-state index contributed by atoms with van der Waals surface area (Å²) in [4.78, 5) is 0. The Balaban J connectivity index is 2.07. The molecule has 4 unspecified atom stereocenters. The quantitative estimate of drug-likeness (QED) is 0.855. The highest BCUT2D eigenvalue weighted by Gasteiger charge is 2.35. The maximum atomic E-state index is 6.35. The average molecular weight is 289 g/mol. The zero-order valence-corrected chi connectivity index (χ0v) is 14.2. The third kappa shape index (κ3) is 4.23. The summed E-state index contributed by atoms with van der Waals surface area (Å²) in [6, 6.07) is 9.11. The van der Waals surface area contributed by atoms with Gasteiger partial charge in [-0.2, -0.15) is 0 Å². The van der Waals surface area contributed by atoms with E-state index in [-0.39, 0.29) is 6.10 Å². The van der Waals surface area contributed by atoms with E-state index in [1.54, 1.807) is 0 Å². The van der Waals surface area contributed by atoms with E-state index in [4.69, 9.17) is 4.74 Å². The molecule has 1 aromatic carbocycles. The average Bonchev–Trinajstić information content (AvgIpc) is 2.43. The van der Waals surface area contributed by atoms with Crippen molar-refractivity contribution < 1.29 is 4.74 Å². The molecule has 1 aliphatic carbocycles. The van der Waals surface area contributed by atoms with Crippen LogP contribution in [0.5, 0.6) is 5.75 Å². The first-order chi connectivity index (χ1) is 10.0. The van der Waals surface area contributed by atoms with Gasteiger partial charge in [0.25, 0.3) is 0 Å². The lowest BCUT2D eigenvalue weighted by Crippen LogP contribution is -2.50. The third-order valence-corrected chi connectivity index (χ3v) is 4.67. The molecule has 118 valence electrons. The van der Waals surface area contributed by atoms with Crippen LogP contribution in [-0.2, 0) is 0 Å². The summed E-state index contributed by atoms with van der Waals surface area (Å²) in [6.45, 7) is 12.3. The maximum absolute atomic E-state index is 6.35. The second kappa shape index (κ2) is 7.31. The molecule has 0 aromatic heterocycles. The minimum atomic E-state index is 0.283. The molecule has 0 bridgehead atoms. The molecule has 0 spiro atoms. The van der Waals surface area contributed by atoms with Gasteiger partial charge in [-0.05, 0) is 54.8 Å². The normalized spacial score (nSPS) is 29.6. The molecule has 1 fully saturated rings. The van der Waals surface area contributed by atoms with Crippen LogP contribution in [0.25, 0.3) is 0 Å². The Labute approximate surface area is 130 Å². The van der Waals surface area contributed by atoms with Crippen LogP contribution in [0.15, 0.2) is 24.3 Å². The molecule has 0 heterocycles. The van der Waals surface area contributed by atoms with E-state index in [0.717, 1.165) is 18.2 Å². The topological polar surface area (TPSA) is 21.3 Å². The van der Waals surface area contributed by atoms with Gasteiger partial charge in [-0.3, -0.25) is 0 Å². The van der Waals surface area contributed by atoms with E-state index >= 15 is 0 Å². The fourth-order valence-electron chi connectivity index (χ4n) is 3.58. The molecule has 2 rings (SSSR count). The Hall–Kier alpha value is -1.02. The lowest BCUT2D eigenvalue weighted by molar-refractivity contribution is 0.0483. The van der Waals surface area contributed by atoms with Gasteiger partial charge < -0.3 is 10.1 Å². The summed E-state index contributed by atoms with van der Waals surface area (Å²) in [5, 5.41) is 3.62. The molecule has 2 heteroatoms. The van der Waals surface area contributed by atoms with Crippen LogP contribution in [0, 0.1) is 11.8 Å². The highest BCUT2D eigenvalue weighted by atomic mass is 16.5. The van der Waals surface area contributed by atoms with Gasteiger partial charge in [0.05, 0.1) is 0 Å². The summed E-state index contributed by atoms with van der Waals surface area (Å²) >= 11 is 0. The van der Waals surface area contributed by atoms with E-state index in [2.05, 4.69) is 64.2 Å². The third-order valence-electron chi connectivity index (χ3n) is 4.67. The Kier molecular flexibility index (Phi) is 5.69. The largest absolute Gasteiger partial charge is 0.489 e. The van der Waals surface area contributed by atoms with Gasteiger partial charge >= 0.3 is 0 Å². The van der Waals surface area contributed by atoms with Crippen molar-refractivity contribution in [2.75, 3.05) is 6.54 Å². The minimum absolute atomic E-state index is 0.283. The first-order valence-electron chi connectivity index (χ1n) is 8.51. The van der Waals surface area contributed by atoms with E-state index in [1.807, 2.05) is 0 Å². The second-order valence-corrected chi connectivity index (χ2v) is 7.02. The van der Waals surface area contributed by atoms with Crippen LogP contribution in [-0.4, -0.2) is 18.7 Å². The van der Waals surface area contributed by atoms with Crippen LogP contribution in [0.4, 0.5) is 0 Å². The van der Waals surface area contributed by atoms with Crippen LogP contribution in [0.3, 0.4) is 0 Å². The lowest BCUT2D eigenvalue weighted by atomic mass is 9.78. The molecular weight excluding hydrogens is 258 g/mol. The van der Waals surface area contributed by atoms with Crippen molar-refractivity contribution >= 4 is 0 Å². The Bertz CT molecular complexity index is 426. The van der Waals surface area contributed by atoms with Gasteiger partial charge in [-0.1, -0.05) is 46.8 Å². The van der Waals surface area contributed by atoms with E-state index in [0.29, 0.717) is 17.9 Å². The molecule has 0 aliphatic heterocycles. The summed E-state index contributed by atoms with van der Waals surface area (Å²) in [5.41, 5.74) is 1.37. The van der Waals surface area contributed by atoms with Crippen molar-refractivity contribution in [2.45, 2.75) is 65.5 Å². The number of hydrogen-bond acceptors (Lipinski definition) is 2. The molecule has 1 aliphatic rings. The summed E-state index contributed by atoms with van der Waals surface area (Å²) < 4.78 is 6.35. The van der Waals surface area contributed by atoms with Gasteiger partial charge in [0.15, 0.2) is 0 Å². The van der Waals surface area contributed by atoms with Crippen LogP contribution >= 0.6 is 0 Å². The van der Waals surface area contributed by atoms with Crippen molar-refractivity contribution in [3.63, 3.8) is 0 Å². The monoisotopic (exact) mass is 289 g/mol. The Morgan fingerprint density at radius 1 is 1.14 bits per heavy atom. The van der Waals surface area contributed by atoms with E-state index in [1.165, 1.54) is 18.4 Å². The Morgan fingerprint density at radius 3 is 2.38 bits per heavy atom. The molecule has 2 nitrogen and oxygen atoms in total. The first-order valence-corrected chi connectivity index (χ1v) is 8.51. The molecule has 1 saturated carbocycles. The van der Waals surface area contributed by atoms with Crippen molar-refractivity contribution in [3.8, 4) is 5.75 Å². The highest BCUT2D eigenvalue weighted by Crippen LogP contribution is 2.32. The number of rotatable bonds is 5. The lowest BCUT2D eigenvalue weighted by Gasteiger charge is -2.40. The molecule has 0 radical (unpaired) electrons. The van der Waals surface area contributed by atoms with Gasteiger partial charge in [0.2, 0.25) is 0 Å². The standard InChI is InChI=1S/C19H31NO/c1-6-20-18-12-14(4)11-15(5)19(18)21-17-9-7-16(8-10-17)13(2)3/h7-10,13-15,18-20H,6,11-12H2,1-5H3. The van der Waals surface area contributed by atoms with Crippen molar-refractivity contribution in [2.24, 2.45) is 11.8 Å². The van der Waals surface area contributed by atoms with Gasteiger partial charge in [0.1, 0.15) is 11.9 Å². The van der Waals surface area contributed by atoms with Gasteiger partial charge in [0, 0.05) is 6.04 Å². The first kappa shape index (κ1) is 16.4. The van der Waals surface area contributed by atoms with Crippen molar-refractivity contribution in [1.29, 1.82) is 0 Å². The van der Waals surface area contributed by atoms with Gasteiger partial charge in [-0.15, -0.1) is 0 Å². The predicted molar refractivity (Wildman–Crippen MR) is 90.0 cm³/mol. The van der Waals surface area contributed by atoms with Gasteiger partial charge in [-0.25, -0.2) is 0 Å². The fourth-order valence-corrected chi connectivity index (χ4v) is 3.58.